The summed E-state index contributed by atoms with van der Waals surface area (Å²) >= 11 is 3.43. The molecule has 0 saturated heterocycles. The summed E-state index contributed by atoms with van der Waals surface area (Å²) in [5, 5.41) is 3.43. The molecular weight excluding hydrogens is 252 g/mol. The zero-order valence-electron chi connectivity index (χ0n) is 8.83. The summed E-state index contributed by atoms with van der Waals surface area (Å²) in [5.41, 5.74) is 2.47. The van der Waals surface area contributed by atoms with Gasteiger partial charge in [-0.15, -0.1) is 0 Å². The molecule has 2 rings (SSSR count). The highest BCUT2D eigenvalue weighted by Gasteiger charge is 2.21. The van der Waals surface area contributed by atoms with Gasteiger partial charge in [-0.2, -0.15) is 0 Å². The highest BCUT2D eigenvalue weighted by molar-refractivity contribution is 9.11. The topological polar surface area (TPSA) is 15.3 Å². The molecule has 15 heavy (non-hydrogen) atoms. The van der Waals surface area contributed by atoms with Gasteiger partial charge < -0.3 is 10.2 Å². The third kappa shape index (κ3) is 2.17. The molecule has 3 heteroatoms. The number of hydrogen-bond donors (Lipinski definition) is 1. The van der Waals surface area contributed by atoms with Crippen LogP contribution in [0.4, 0.5) is 11.4 Å². The van der Waals surface area contributed by atoms with E-state index in [4.69, 9.17) is 0 Å². The molecule has 0 aliphatic carbocycles. The van der Waals surface area contributed by atoms with E-state index in [0.29, 0.717) is 6.04 Å². The first kappa shape index (κ1) is 10.6. The molecule has 1 heterocycles. The number of benzene rings is 1. The van der Waals surface area contributed by atoms with Gasteiger partial charge in [-0.25, -0.2) is 0 Å². The number of fused-ring (bicyclic) bond motifs is 1. The summed E-state index contributed by atoms with van der Waals surface area (Å²) in [7, 11) is 0. The zero-order valence-corrected chi connectivity index (χ0v) is 10.4. The molecule has 0 fully saturated rings. The van der Waals surface area contributed by atoms with E-state index in [0.717, 1.165) is 17.6 Å². The maximum absolute atomic E-state index is 3.91. The fraction of sp³-hybridized carbons (Fsp3) is 0.333. The van der Waals surface area contributed by atoms with E-state index >= 15 is 0 Å². The lowest BCUT2D eigenvalue weighted by atomic mass is 10.1. The summed E-state index contributed by atoms with van der Waals surface area (Å²) < 4.78 is 1.02. The van der Waals surface area contributed by atoms with E-state index in [1.54, 1.807) is 0 Å². The molecule has 1 aromatic rings. The van der Waals surface area contributed by atoms with Crippen LogP contribution in [0.15, 0.2) is 35.3 Å². The molecule has 0 saturated carbocycles. The predicted molar refractivity (Wildman–Crippen MR) is 69.8 cm³/mol. The van der Waals surface area contributed by atoms with Crippen LogP contribution in [0.1, 0.15) is 6.92 Å². The van der Waals surface area contributed by atoms with Crippen molar-refractivity contribution in [2.45, 2.75) is 13.0 Å². The van der Waals surface area contributed by atoms with Crippen LogP contribution in [0, 0.1) is 0 Å². The largest absolute Gasteiger partial charge is 0.381 e. The smallest absolute Gasteiger partial charge is 0.0608 e. The molecule has 1 atom stereocenters. The summed E-state index contributed by atoms with van der Waals surface area (Å²) in [5.74, 6) is 0. The van der Waals surface area contributed by atoms with Crippen LogP contribution in [-0.2, 0) is 0 Å². The Kier molecular flexibility index (Phi) is 3.00. The molecule has 0 spiro atoms. The molecule has 0 amide bonds. The van der Waals surface area contributed by atoms with Crippen LogP contribution < -0.4 is 10.2 Å². The molecule has 2 nitrogen and oxygen atoms in total. The normalized spacial score (nSPS) is 19.3. The average Bonchev–Trinajstić information content (AvgIpc) is 2.22. The Morgan fingerprint density at radius 3 is 3.07 bits per heavy atom. The maximum atomic E-state index is 3.91. The van der Waals surface area contributed by atoms with Crippen molar-refractivity contribution < 1.29 is 0 Å². The third-order valence-electron chi connectivity index (χ3n) is 2.68. The van der Waals surface area contributed by atoms with E-state index < -0.39 is 0 Å². The molecule has 0 aromatic heterocycles. The monoisotopic (exact) mass is 266 g/mol. The fourth-order valence-electron chi connectivity index (χ4n) is 1.90. The Morgan fingerprint density at radius 1 is 1.60 bits per heavy atom. The lowest BCUT2D eigenvalue weighted by molar-refractivity contribution is 0.673. The van der Waals surface area contributed by atoms with Gasteiger partial charge in [0.05, 0.1) is 11.4 Å². The van der Waals surface area contributed by atoms with Gasteiger partial charge in [0.15, 0.2) is 0 Å². The second-order valence-electron chi connectivity index (χ2n) is 3.89. The van der Waals surface area contributed by atoms with Gasteiger partial charge >= 0.3 is 0 Å². The Hall–Kier alpha value is -0.960. The number of halogens is 1. The van der Waals surface area contributed by atoms with Gasteiger partial charge in [0.25, 0.3) is 0 Å². The van der Waals surface area contributed by atoms with Crippen LogP contribution in [0.5, 0.6) is 0 Å². The van der Waals surface area contributed by atoms with E-state index in [-0.39, 0.29) is 0 Å². The van der Waals surface area contributed by atoms with Gasteiger partial charge in [-0.05, 0) is 19.1 Å². The number of para-hydroxylation sites is 2. The van der Waals surface area contributed by atoms with Crippen LogP contribution >= 0.6 is 15.9 Å². The first-order valence-corrected chi connectivity index (χ1v) is 5.90. The Labute approximate surface area is 99.1 Å². The van der Waals surface area contributed by atoms with Crippen molar-refractivity contribution in [3.05, 3.63) is 35.3 Å². The quantitative estimate of drug-likeness (QED) is 0.885. The number of nitrogens with zero attached hydrogens (tertiary/aromatic N) is 1. The number of anilines is 2. The van der Waals surface area contributed by atoms with E-state index in [1.165, 1.54) is 11.4 Å². The van der Waals surface area contributed by atoms with Crippen molar-refractivity contribution in [2.75, 3.05) is 23.3 Å². The second kappa shape index (κ2) is 4.27. The molecule has 0 radical (unpaired) electrons. The predicted octanol–water partition coefficient (Wildman–Crippen LogP) is 3.22. The number of rotatable bonds is 2. The van der Waals surface area contributed by atoms with Crippen LogP contribution in [0.25, 0.3) is 0 Å². The Balaban J connectivity index is 2.32. The van der Waals surface area contributed by atoms with Crippen molar-refractivity contribution in [3.63, 3.8) is 0 Å². The van der Waals surface area contributed by atoms with Crippen molar-refractivity contribution in [2.24, 2.45) is 0 Å². The SMILES string of the molecule is C=C(Br)CN1c2ccccc2NCC1C. The van der Waals surface area contributed by atoms with E-state index in [2.05, 4.69) is 63.9 Å². The standard InChI is InChI=1S/C12H15BrN2/c1-9(13)8-15-10(2)7-14-11-5-3-4-6-12(11)15/h3-6,10,14H,1,7-8H2,2H3. The maximum Gasteiger partial charge on any atom is 0.0608 e. The van der Waals surface area contributed by atoms with Crippen LogP contribution in [0.2, 0.25) is 0 Å². The minimum Gasteiger partial charge on any atom is -0.381 e. The fourth-order valence-corrected chi connectivity index (χ4v) is 2.17. The number of hydrogen-bond acceptors (Lipinski definition) is 2. The average molecular weight is 267 g/mol. The highest BCUT2D eigenvalue weighted by atomic mass is 79.9. The van der Waals surface area contributed by atoms with Crippen LogP contribution in [-0.4, -0.2) is 19.1 Å². The van der Waals surface area contributed by atoms with Crippen molar-refractivity contribution in [3.8, 4) is 0 Å². The summed E-state index contributed by atoms with van der Waals surface area (Å²) in [4.78, 5) is 2.36. The van der Waals surface area contributed by atoms with Crippen molar-refractivity contribution in [1.82, 2.24) is 0 Å². The van der Waals surface area contributed by atoms with Gasteiger partial charge in [-0.3, -0.25) is 0 Å². The first-order valence-electron chi connectivity index (χ1n) is 5.11. The Morgan fingerprint density at radius 2 is 2.33 bits per heavy atom. The molecule has 0 bridgehead atoms. The minimum atomic E-state index is 0.495. The molecular formula is C12H15BrN2. The minimum absolute atomic E-state index is 0.495. The lowest BCUT2D eigenvalue weighted by Crippen LogP contribution is -2.42. The van der Waals surface area contributed by atoms with E-state index in [9.17, 15) is 0 Å². The summed E-state index contributed by atoms with van der Waals surface area (Å²) in [6.45, 7) is 7.98. The molecule has 1 N–H and O–H groups in total. The molecule has 1 aromatic carbocycles. The van der Waals surface area contributed by atoms with Gasteiger partial charge in [0.2, 0.25) is 0 Å². The number of nitrogens with one attached hydrogen (secondary N) is 1. The van der Waals surface area contributed by atoms with Crippen LogP contribution in [0.3, 0.4) is 0 Å². The summed E-state index contributed by atoms with van der Waals surface area (Å²) in [6.07, 6.45) is 0. The highest BCUT2D eigenvalue weighted by Crippen LogP contribution is 2.31. The van der Waals surface area contributed by atoms with Gasteiger partial charge in [0.1, 0.15) is 0 Å². The molecule has 80 valence electrons. The van der Waals surface area contributed by atoms with Gasteiger partial charge in [0, 0.05) is 23.6 Å². The Bertz CT molecular complexity index is 376. The second-order valence-corrected chi connectivity index (χ2v) is 5.01. The molecule has 1 aliphatic heterocycles. The molecule has 1 aliphatic rings. The van der Waals surface area contributed by atoms with Gasteiger partial charge in [-0.1, -0.05) is 34.6 Å². The summed E-state index contributed by atoms with van der Waals surface area (Å²) in [6, 6.07) is 8.89. The van der Waals surface area contributed by atoms with E-state index in [1.807, 2.05) is 0 Å². The zero-order chi connectivity index (χ0) is 10.8. The van der Waals surface area contributed by atoms with Crippen molar-refractivity contribution >= 4 is 27.3 Å². The van der Waals surface area contributed by atoms with Crippen molar-refractivity contribution in [1.29, 1.82) is 0 Å². The first-order chi connectivity index (χ1) is 7.18. The third-order valence-corrected chi connectivity index (χ3v) is 2.93. The molecule has 1 unspecified atom stereocenters. The lowest BCUT2D eigenvalue weighted by Gasteiger charge is -2.37.